The van der Waals surface area contributed by atoms with Gasteiger partial charge in [-0.1, -0.05) is 11.6 Å². The summed E-state index contributed by atoms with van der Waals surface area (Å²) < 4.78 is 5.28. The number of benzene rings is 1. The lowest BCUT2D eigenvalue weighted by atomic mass is 10.1. The lowest BCUT2D eigenvalue weighted by molar-refractivity contribution is 0.416. The van der Waals surface area contributed by atoms with Crippen LogP contribution in [0.4, 0.5) is 0 Å². The highest BCUT2D eigenvalue weighted by Gasteiger charge is 2.12. The maximum absolute atomic E-state index is 5.97. The second-order valence-corrected chi connectivity index (χ2v) is 3.76. The number of ether oxygens (including phenoxy) is 1. The fourth-order valence-electron chi connectivity index (χ4n) is 1.57. The number of halogens is 1. The molecule has 2 aromatic rings. The average molecular weight is 238 g/mol. The zero-order valence-electron chi connectivity index (χ0n) is 8.83. The highest BCUT2D eigenvalue weighted by Crippen LogP contribution is 2.32. The number of H-pyrrole nitrogens is 1. The van der Waals surface area contributed by atoms with Crippen LogP contribution >= 0.6 is 11.6 Å². The van der Waals surface area contributed by atoms with Crippen LogP contribution in [-0.2, 0) is 6.54 Å². The van der Waals surface area contributed by atoms with Crippen LogP contribution in [0.2, 0.25) is 5.02 Å². The molecular weight excluding hydrogens is 226 g/mol. The average Bonchev–Trinajstić information content (AvgIpc) is 2.76. The topological polar surface area (TPSA) is 63.9 Å². The standard InChI is InChI=1S/C11H12ClN3O/c1-16-10-3-2-8(12)4-9(10)11-7(5-13)6-14-15-11/h2-4,6H,5,13H2,1H3,(H,14,15). The Morgan fingerprint density at radius 3 is 3.00 bits per heavy atom. The molecule has 4 nitrogen and oxygen atoms in total. The Hall–Kier alpha value is -1.52. The van der Waals surface area contributed by atoms with Gasteiger partial charge < -0.3 is 10.5 Å². The number of nitrogens with one attached hydrogen (secondary N) is 1. The van der Waals surface area contributed by atoms with Crippen molar-refractivity contribution in [2.75, 3.05) is 7.11 Å². The highest BCUT2D eigenvalue weighted by atomic mass is 35.5. The van der Waals surface area contributed by atoms with E-state index in [4.69, 9.17) is 22.1 Å². The lowest BCUT2D eigenvalue weighted by Crippen LogP contribution is -1.97. The summed E-state index contributed by atoms with van der Waals surface area (Å²) in [5.41, 5.74) is 8.28. The van der Waals surface area contributed by atoms with Crippen LogP contribution in [0.5, 0.6) is 5.75 Å². The van der Waals surface area contributed by atoms with E-state index in [9.17, 15) is 0 Å². The quantitative estimate of drug-likeness (QED) is 0.860. The van der Waals surface area contributed by atoms with Crippen molar-refractivity contribution >= 4 is 11.6 Å². The van der Waals surface area contributed by atoms with Gasteiger partial charge in [-0.2, -0.15) is 5.10 Å². The van der Waals surface area contributed by atoms with Gasteiger partial charge in [0.05, 0.1) is 19.0 Å². The van der Waals surface area contributed by atoms with E-state index in [1.807, 2.05) is 12.1 Å². The Balaban J connectivity index is 2.58. The van der Waals surface area contributed by atoms with Crippen LogP contribution in [0, 0.1) is 0 Å². The number of hydrogen-bond donors (Lipinski definition) is 2. The van der Waals surface area contributed by atoms with Crippen molar-refractivity contribution in [3.8, 4) is 17.0 Å². The number of nitrogens with zero attached hydrogens (tertiary/aromatic N) is 1. The summed E-state index contributed by atoms with van der Waals surface area (Å²) in [6.45, 7) is 0.418. The number of aromatic nitrogens is 2. The van der Waals surface area contributed by atoms with E-state index in [1.54, 1.807) is 19.4 Å². The Bertz CT molecular complexity index is 496. The number of hydrogen-bond acceptors (Lipinski definition) is 3. The molecule has 1 aromatic heterocycles. The van der Waals surface area contributed by atoms with Gasteiger partial charge in [0.1, 0.15) is 5.75 Å². The van der Waals surface area contributed by atoms with Crippen LogP contribution < -0.4 is 10.5 Å². The van der Waals surface area contributed by atoms with E-state index in [0.717, 1.165) is 22.6 Å². The summed E-state index contributed by atoms with van der Waals surface area (Å²) in [7, 11) is 1.62. The maximum atomic E-state index is 5.97. The Labute approximate surface area is 98.4 Å². The second kappa shape index (κ2) is 4.55. The molecule has 0 amide bonds. The Morgan fingerprint density at radius 1 is 1.50 bits per heavy atom. The van der Waals surface area contributed by atoms with Crippen molar-refractivity contribution in [2.45, 2.75) is 6.54 Å². The Kier molecular flexibility index (Phi) is 3.12. The summed E-state index contributed by atoms with van der Waals surface area (Å²) in [5, 5.41) is 7.52. The van der Waals surface area contributed by atoms with E-state index >= 15 is 0 Å². The van der Waals surface area contributed by atoms with Crippen molar-refractivity contribution in [3.63, 3.8) is 0 Å². The Morgan fingerprint density at radius 2 is 2.31 bits per heavy atom. The molecule has 3 N–H and O–H groups in total. The molecule has 0 atom stereocenters. The predicted octanol–water partition coefficient (Wildman–Crippen LogP) is 2.20. The van der Waals surface area contributed by atoms with Gasteiger partial charge in [-0.15, -0.1) is 0 Å². The van der Waals surface area contributed by atoms with Crippen molar-refractivity contribution in [2.24, 2.45) is 5.73 Å². The second-order valence-electron chi connectivity index (χ2n) is 3.32. The summed E-state index contributed by atoms with van der Waals surface area (Å²) in [5.74, 6) is 0.739. The van der Waals surface area contributed by atoms with Gasteiger partial charge in [-0.05, 0) is 18.2 Å². The third-order valence-electron chi connectivity index (χ3n) is 2.37. The van der Waals surface area contributed by atoms with Gasteiger partial charge >= 0.3 is 0 Å². The van der Waals surface area contributed by atoms with Gasteiger partial charge in [0.2, 0.25) is 0 Å². The molecule has 0 fully saturated rings. The van der Waals surface area contributed by atoms with Crippen molar-refractivity contribution in [3.05, 3.63) is 35.0 Å². The molecule has 2 rings (SSSR count). The van der Waals surface area contributed by atoms with Crippen molar-refractivity contribution in [1.29, 1.82) is 0 Å². The molecule has 1 heterocycles. The molecule has 0 aliphatic rings. The summed E-state index contributed by atoms with van der Waals surface area (Å²) >= 11 is 5.97. The molecule has 0 unspecified atom stereocenters. The van der Waals surface area contributed by atoms with Gasteiger partial charge in [0, 0.05) is 22.7 Å². The SMILES string of the molecule is COc1ccc(Cl)cc1-c1[nH]ncc1CN. The maximum Gasteiger partial charge on any atom is 0.128 e. The third kappa shape index (κ3) is 1.89. The van der Waals surface area contributed by atoms with E-state index in [2.05, 4.69) is 10.2 Å². The van der Waals surface area contributed by atoms with Crippen LogP contribution in [0.25, 0.3) is 11.3 Å². The summed E-state index contributed by atoms with van der Waals surface area (Å²) in [6, 6.07) is 5.42. The first kappa shape index (κ1) is 11.0. The van der Waals surface area contributed by atoms with Crippen molar-refractivity contribution < 1.29 is 4.74 Å². The molecule has 84 valence electrons. The summed E-state index contributed by atoms with van der Waals surface area (Å²) in [6.07, 6.45) is 1.70. The summed E-state index contributed by atoms with van der Waals surface area (Å²) in [4.78, 5) is 0. The first-order chi connectivity index (χ1) is 7.76. The molecule has 0 radical (unpaired) electrons. The molecular formula is C11H12ClN3O. The molecule has 0 aliphatic heterocycles. The number of rotatable bonds is 3. The molecule has 5 heteroatoms. The van der Waals surface area contributed by atoms with Crippen LogP contribution in [-0.4, -0.2) is 17.3 Å². The molecule has 0 spiro atoms. The minimum atomic E-state index is 0.418. The molecule has 0 bridgehead atoms. The first-order valence-electron chi connectivity index (χ1n) is 4.82. The largest absolute Gasteiger partial charge is 0.496 e. The van der Waals surface area contributed by atoms with Crippen LogP contribution in [0.15, 0.2) is 24.4 Å². The van der Waals surface area contributed by atoms with E-state index in [0.29, 0.717) is 11.6 Å². The fourth-order valence-corrected chi connectivity index (χ4v) is 1.75. The van der Waals surface area contributed by atoms with Gasteiger partial charge in [-0.25, -0.2) is 0 Å². The van der Waals surface area contributed by atoms with Gasteiger partial charge in [0.15, 0.2) is 0 Å². The molecule has 16 heavy (non-hydrogen) atoms. The number of nitrogens with two attached hydrogens (primary N) is 1. The monoisotopic (exact) mass is 237 g/mol. The normalized spacial score (nSPS) is 10.4. The minimum Gasteiger partial charge on any atom is -0.496 e. The minimum absolute atomic E-state index is 0.418. The van der Waals surface area contributed by atoms with Crippen LogP contribution in [0.1, 0.15) is 5.56 Å². The van der Waals surface area contributed by atoms with E-state index < -0.39 is 0 Å². The number of aromatic amines is 1. The van der Waals surface area contributed by atoms with E-state index in [-0.39, 0.29) is 0 Å². The predicted molar refractivity (Wildman–Crippen MR) is 63.5 cm³/mol. The van der Waals surface area contributed by atoms with Crippen molar-refractivity contribution in [1.82, 2.24) is 10.2 Å². The third-order valence-corrected chi connectivity index (χ3v) is 2.60. The molecule has 0 saturated carbocycles. The van der Waals surface area contributed by atoms with E-state index in [1.165, 1.54) is 0 Å². The molecule has 0 aliphatic carbocycles. The molecule has 1 aromatic carbocycles. The smallest absolute Gasteiger partial charge is 0.128 e. The highest BCUT2D eigenvalue weighted by molar-refractivity contribution is 6.31. The first-order valence-corrected chi connectivity index (χ1v) is 5.20. The molecule has 0 saturated heterocycles. The number of methoxy groups -OCH3 is 1. The lowest BCUT2D eigenvalue weighted by Gasteiger charge is -2.08. The zero-order valence-corrected chi connectivity index (χ0v) is 9.58. The zero-order chi connectivity index (χ0) is 11.5. The van der Waals surface area contributed by atoms with Gasteiger partial charge in [-0.3, -0.25) is 5.10 Å². The fraction of sp³-hybridized carbons (Fsp3) is 0.182. The van der Waals surface area contributed by atoms with Crippen LogP contribution in [0.3, 0.4) is 0 Å². The van der Waals surface area contributed by atoms with Gasteiger partial charge in [0.25, 0.3) is 0 Å².